The van der Waals surface area contributed by atoms with Crippen LogP contribution in [0.4, 0.5) is 0 Å². The molecule has 0 aliphatic carbocycles. The van der Waals surface area contributed by atoms with Crippen LogP contribution in [0, 0.1) is 0 Å². The summed E-state index contributed by atoms with van der Waals surface area (Å²) in [6.07, 6.45) is 0.556. The number of benzene rings is 2. The minimum absolute atomic E-state index is 0.0467. The molecule has 110 valence electrons. The van der Waals surface area contributed by atoms with Crippen LogP contribution in [0.15, 0.2) is 59.1 Å². The van der Waals surface area contributed by atoms with Gasteiger partial charge in [-0.15, -0.1) is 0 Å². The molecule has 0 aromatic heterocycles. The van der Waals surface area contributed by atoms with Crippen molar-refractivity contribution in [2.75, 3.05) is 7.05 Å². The number of rotatable bonds is 5. The van der Waals surface area contributed by atoms with Gasteiger partial charge in [-0.2, -0.15) is 0 Å². The third-order valence-electron chi connectivity index (χ3n) is 3.36. The largest absolute Gasteiger partial charge is 0.340 e. The number of likely N-dealkylation sites (N-methyl/N-ethyl adjacent to an activating group) is 1. The van der Waals surface area contributed by atoms with E-state index in [2.05, 4.69) is 15.9 Å². The third kappa shape index (κ3) is 4.41. The van der Waals surface area contributed by atoms with Crippen molar-refractivity contribution >= 4 is 21.8 Å². The zero-order valence-corrected chi connectivity index (χ0v) is 13.6. The Labute approximate surface area is 133 Å². The first-order valence-electron chi connectivity index (χ1n) is 6.86. The number of carbonyl (C=O) groups excluding carboxylic acids is 1. The lowest BCUT2D eigenvalue weighted by Gasteiger charge is -2.22. The lowest BCUT2D eigenvalue weighted by atomic mass is 10.1. The summed E-state index contributed by atoms with van der Waals surface area (Å²) in [7, 11) is 1.78. The van der Waals surface area contributed by atoms with Crippen LogP contribution in [0.3, 0.4) is 0 Å². The van der Waals surface area contributed by atoms with Crippen LogP contribution < -0.4 is 5.73 Å². The highest BCUT2D eigenvalue weighted by molar-refractivity contribution is 9.10. The number of halogens is 1. The Hall–Kier alpha value is -1.65. The van der Waals surface area contributed by atoms with Crippen LogP contribution in [0.2, 0.25) is 0 Å². The van der Waals surface area contributed by atoms with Gasteiger partial charge in [-0.25, -0.2) is 0 Å². The second kappa shape index (κ2) is 7.38. The van der Waals surface area contributed by atoms with Gasteiger partial charge in [0.2, 0.25) is 5.91 Å². The molecular weight excluding hydrogens is 328 g/mol. The van der Waals surface area contributed by atoms with E-state index in [1.165, 1.54) is 0 Å². The average molecular weight is 347 g/mol. The smallest absolute Gasteiger partial charge is 0.239 e. The Balaban J connectivity index is 1.97. The second-order valence-corrected chi connectivity index (χ2v) is 5.94. The maximum Gasteiger partial charge on any atom is 0.239 e. The Kier molecular flexibility index (Phi) is 5.53. The Bertz CT molecular complexity index is 601. The van der Waals surface area contributed by atoms with E-state index in [-0.39, 0.29) is 5.91 Å². The van der Waals surface area contributed by atoms with Gasteiger partial charge in [-0.1, -0.05) is 64.5 Å². The molecular formula is C17H19BrN2O. The van der Waals surface area contributed by atoms with Crippen LogP contribution in [0.5, 0.6) is 0 Å². The monoisotopic (exact) mass is 346 g/mol. The molecule has 0 bridgehead atoms. The Morgan fingerprint density at radius 1 is 1.14 bits per heavy atom. The van der Waals surface area contributed by atoms with E-state index in [1.54, 1.807) is 11.9 Å². The van der Waals surface area contributed by atoms with E-state index in [0.29, 0.717) is 13.0 Å². The van der Waals surface area contributed by atoms with E-state index < -0.39 is 6.04 Å². The lowest BCUT2D eigenvalue weighted by Crippen LogP contribution is -2.42. The molecule has 2 aromatic rings. The van der Waals surface area contributed by atoms with Crippen molar-refractivity contribution in [1.82, 2.24) is 4.90 Å². The molecule has 0 fully saturated rings. The van der Waals surface area contributed by atoms with Gasteiger partial charge in [0.25, 0.3) is 0 Å². The number of hydrogen-bond acceptors (Lipinski definition) is 2. The number of carbonyl (C=O) groups is 1. The molecule has 3 nitrogen and oxygen atoms in total. The standard InChI is InChI=1S/C17H19BrN2O/c1-20(12-14-9-5-6-10-15(14)18)17(21)16(19)11-13-7-3-2-4-8-13/h2-10,16H,11-12,19H2,1H3/t16-/m1/s1. The molecule has 0 aliphatic rings. The zero-order chi connectivity index (χ0) is 15.2. The first-order valence-corrected chi connectivity index (χ1v) is 7.65. The SMILES string of the molecule is CN(Cc1ccccc1Br)C(=O)[C@H](N)Cc1ccccc1. The van der Waals surface area contributed by atoms with Crippen molar-refractivity contribution in [3.05, 3.63) is 70.2 Å². The minimum Gasteiger partial charge on any atom is -0.340 e. The molecule has 0 unspecified atom stereocenters. The van der Waals surface area contributed by atoms with Crippen molar-refractivity contribution in [3.63, 3.8) is 0 Å². The fraction of sp³-hybridized carbons (Fsp3) is 0.235. The summed E-state index contributed by atoms with van der Waals surface area (Å²) in [6, 6.07) is 17.2. The highest BCUT2D eigenvalue weighted by Crippen LogP contribution is 2.17. The van der Waals surface area contributed by atoms with Gasteiger partial charge in [0.15, 0.2) is 0 Å². The zero-order valence-electron chi connectivity index (χ0n) is 12.0. The van der Waals surface area contributed by atoms with Gasteiger partial charge in [-0.05, 0) is 23.6 Å². The number of hydrogen-bond donors (Lipinski definition) is 1. The van der Waals surface area contributed by atoms with Gasteiger partial charge in [0.1, 0.15) is 0 Å². The summed E-state index contributed by atoms with van der Waals surface area (Å²) in [5.74, 6) is -0.0467. The van der Waals surface area contributed by atoms with Crippen LogP contribution >= 0.6 is 15.9 Å². The van der Waals surface area contributed by atoms with E-state index in [1.807, 2.05) is 54.6 Å². The third-order valence-corrected chi connectivity index (χ3v) is 4.13. The number of nitrogens with two attached hydrogens (primary N) is 1. The van der Waals surface area contributed by atoms with E-state index in [9.17, 15) is 4.79 Å². The molecule has 1 amide bonds. The summed E-state index contributed by atoms with van der Waals surface area (Å²) in [5.41, 5.74) is 8.19. The Morgan fingerprint density at radius 2 is 1.76 bits per heavy atom. The van der Waals surface area contributed by atoms with Crippen LogP contribution in [0.25, 0.3) is 0 Å². The number of nitrogens with zero attached hydrogens (tertiary/aromatic N) is 1. The van der Waals surface area contributed by atoms with Crippen molar-refractivity contribution in [1.29, 1.82) is 0 Å². The molecule has 0 saturated carbocycles. The normalized spacial score (nSPS) is 12.0. The van der Waals surface area contributed by atoms with Crippen molar-refractivity contribution in [2.45, 2.75) is 19.0 Å². The number of amides is 1. The van der Waals surface area contributed by atoms with Crippen LogP contribution in [-0.2, 0) is 17.8 Å². The fourth-order valence-corrected chi connectivity index (χ4v) is 2.61. The van der Waals surface area contributed by atoms with Crippen molar-refractivity contribution in [3.8, 4) is 0 Å². The van der Waals surface area contributed by atoms with E-state index in [0.717, 1.165) is 15.6 Å². The van der Waals surface area contributed by atoms with Gasteiger partial charge in [0, 0.05) is 18.1 Å². The molecule has 0 aliphatic heterocycles. The summed E-state index contributed by atoms with van der Waals surface area (Å²) >= 11 is 3.50. The van der Waals surface area contributed by atoms with E-state index >= 15 is 0 Å². The first kappa shape index (κ1) is 15.7. The molecule has 2 aromatic carbocycles. The van der Waals surface area contributed by atoms with Crippen LogP contribution in [-0.4, -0.2) is 23.9 Å². The summed E-state index contributed by atoms with van der Waals surface area (Å²) < 4.78 is 1.00. The van der Waals surface area contributed by atoms with Gasteiger partial charge in [0.05, 0.1) is 6.04 Å². The molecule has 0 heterocycles. The lowest BCUT2D eigenvalue weighted by molar-refractivity contribution is -0.131. The van der Waals surface area contributed by atoms with Gasteiger partial charge >= 0.3 is 0 Å². The predicted octanol–water partition coefficient (Wildman–Crippen LogP) is 2.98. The fourth-order valence-electron chi connectivity index (χ4n) is 2.20. The van der Waals surface area contributed by atoms with Gasteiger partial charge in [-0.3, -0.25) is 4.79 Å². The van der Waals surface area contributed by atoms with Crippen molar-refractivity contribution < 1.29 is 4.79 Å². The molecule has 2 N–H and O–H groups in total. The quantitative estimate of drug-likeness (QED) is 0.904. The molecule has 0 saturated heterocycles. The van der Waals surface area contributed by atoms with E-state index in [4.69, 9.17) is 5.73 Å². The average Bonchev–Trinajstić information content (AvgIpc) is 2.49. The summed E-state index contributed by atoms with van der Waals surface area (Å²) in [5, 5.41) is 0. The summed E-state index contributed by atoms with van der Waals surface area (Å²) in [4.78, 5) is 14.0. The topological polar surface area (TPSA) is 46.3 Å². The first-order chi connectivity index (χ1) is 10.1. The predicted molar refractivity (Wildman–Crippen MR) is 88.7 cm³/mol. The molecule has 1 atom stereocenters. The van der Waals surface area contributed by atoms with Crippen molar-refractivity contribution in [2.24, 2.45) is 5.73 Å². The molecule has 0 spiro atoms. The highest BCUT2D eigenvalue weighted by Gasteiger charge is 2.19. The molecule has 2 rings (SSSR count). The maximum atomic E-state index is 12.3. The Morgan fingerprint density at radius 3 is 2.43 bits per heavy atom. The molecule has 0 radical (unpaired) electrons. The molecule has 4 heteroatoms. The maximum absolute atomic E-state index is 12.3. The van der Waals surface area contributed by atoms with Gasteiger partial charge < -0.3 is 10.6 Å². The summed E-state index contributed by atoms with van der Waals surface area (Å²) in [6.45, 7) is 0.544. The minimum atomic E-state index is -0.514. The highest BCUT2D eigenvalue weighted by atomic mass is 79.9. The van der Waals surface area contributed by atoms with Crippen LogP contribution in [0.1, 0.15) is 11.1 Å². The molecule has 21 heavy (non-hydrogen) atoms. The second-order valence-electron chi connectivity index (χ2n) is 5.08.